The van der Waals surface area contributed by atoms with E-state index in [0.29, 0.717) is 25.1 Å². The lowest BCUT2D eigenvalue weighted by Gasteiger charge is -2.32. The van der Waals surface area contributed by atoms with Gasteiger partial charge in [0.1, 0.15) is 5.82 Å². The van der Waals surface area contributed by atoms with Crippen LogP contribution in [0.4, 0.5) is 10.1 Å². The van der Waals surface area contributed by atoms with E-state index < -0.39 is 0 Å². The SMILES string of the molecule is O=C(NCCc1ccccc1F)C1CCN(CC(=O)N2CCc3ccccc32)CC1. The van der Waals surface area contributed by atoms with Crippen molar-refractivity contribution in [2.45, 2.75) is 25.7 Å². The molecule has 2 heterocycles. The molecule has 1 N–H and O–H groups in total. The molecule has 6 heteroatoms. The van der Waals surface area contributed by atoms with Crippen molar-refractivity contribution in [2.75, 3.05) is 37.6 Å². The van der Waals surface area contributed by atoms with Crippen LogP contribution in [0.2, 0.25) is 0 Å². The minimum absolute atomic E-state index is 0.0331. The van der Waals surface area contributed by atoms with Gasteiger partial charge in [0.15, 0.2) is 0 Å². The third kappa shape index (κ3) is 4.70. The summed E-state index contributed by atoms with van der Waals surface area (Å²) < 4.78 is 13.7. The van der Waals surface area contributed by atoms with Crippen molar-refractivity contribution >= 4 is 17.5 Å². The van der Waals surface area contributed by atoms with Gasteiger partial charge in [0, 0.05) is 24.7 Å². The van der Waals surface area contributed by atoms with Crippen LogP contribution in [0.5, 0.6) is 0 Å². The maximum atomic E-state index is 13.7. The Kier molecular flexibility index (Phi) is 6.43. The molecule has 1 fully saturated rings. The van der Waals surface area contributed by atoms with Gasteiger partial charge >= 0.3 is 0 Å². The number of rotatable bonds is 6. The summed E-state index contributed by atoms with van der Waals surface area (Å²) in [6.45, 7) is 3.07. The molecule has 2 aromatic carbocycles. The zero-order chi connectivity index (χ0) is 20.9. The minimum atomic E-state index is -0.231. The lowest BCUT2D eigenvalue weighted by atomic mass is 9.96. The number of piperidine rings is 1. The molecule has 0 unspecified atom stereocenters. The van der Waals surface area contributed by atoms with Crippen LogP contribution in [0, 0.1) is 11.7 Å². The summed E-state index contributed by atoms with van der Waals surface area (Å²) in [6.07, 6.45) is 2.89. The van der Waals surface area contributed by atoms with Gasteiger partial charge in [0.2, 0.25) is 11.8 Å². The number of fused-ring (bicyclic) bond motifs is 1. The van der Waals surface area contributed by atoms with E-state index in [2.05, 4.69) is 16.3 Å². The van der Waals surface area contributed by atoms with Crippen molar-refractivity contribution in [3.63, 3.8) is 0 Å². The van der Waals surface area contributed by atoms with Crippen LogP contribution in [0.1, 0.15) is 24.0 Å². The number of hydrogen-bond acceptors (Lipinski definition) is 3. The Balaban J connectivity index is 1.20. The van der Waals surface area contributed by atoms with Crippen LogP contribution in [-0.4, -0.2) is 49.4 Å². The highest BCUT2D eigenvalue weighted by Crippen LogP contribution is 2.28. The second-order valence-electron chi connectivity index (χ2n) is 8.11. The molecule has 5 nitrogen and oxygen atoms in total. The van der Waals surface area contributed by atoms with Gasteiger partial charge in [-0.3, -0.25) is 14.5 Å². The Labute approximate surface area is 176 Å². The number of carbonyl (C=O) groups excluding carboxylic acids is 2. The minimum Gasteiger partial charge on any atom is -0.356 e. The normalized spacial score (nSPS) is 17.0. The van der Waals surface area contributed by atoms with Crippen molar-refractivity contribution in [1.82, 2.24) is 10.2 Å². The first-order valence-corrected chi connectivity index (χ1v) is 10.7. The number of likely N-dealkylation sites (tertiary alicyclic amines) is 1. The molecule has 1 saturated heterocycles. The summed E-state index contributed by atoms with van der Waals surface area (Å²) in [5.74, 6) is -0.103. The number of benzene rings is 2. The van der Waals surface area contributed by atoms with Crippen LogP contribution in [0.25, 0.3) is 0 Å². The second-order valence-corrected chi connectivity index (χ2v) is 8.11. The Hall–Kier alpha value is -2.73. The van der Waals surface area contributed by atoms with Gasteiger partial charge in [-0.2, -0.15) is 0 Å². The fourth-order valence-electron chi connectivity index (χ4n) is 4.39. The van der Waals surface area contributed by atoms with E-state index in [0.717, 1.165) is 44.6 Å². The van der Waals surface area contributed by atoms with E-state index in [4.69, 9.17) is 0 Å². The molecule has 2 aliphatic rings. The maximum absolute atomic E-state index is 13.7. The molecular weight excluding hydrogens is 381 g/mol. The molecule has 4 rings (SSSR count). The maximum Gasteiger partial charge on any atom is 0.241 e. The summed E-state index contributed by atoms with van der Waals surface area (Å²) >= 11 is 0. The zero-order valence-corrected chi connectivity index (χ0v) is 17.1. The van der Waals surface area contributed by atoms with Crippen molar-refractivity contribution in [3.8, 4) is 0 Å². The largest absolute Gasteiger partial charge is 0.356 e. The van der Waals surface area contributed by atoms with Crippen LogP contribution >= 0.6 is 0 Å². The van der Waals surface area contributed by atoms with Gasteiger partial charge in [-0.1, -0.05) is 36.4 Å². The zero-order valence-electron chi connectivity index (χ0n) is 17.1. The third-order valence-electron chi connectivity index (χ3n) is 6.16. The predicted octanol–water partition coefficient (Wildman–Crippen LogP) is 2.79. The first-order chi connectivity index (χ1) is 14.6. The van der Waals surface area contributed by atoms with Crippen molar-refractivity contribution in [2.24, 2.45) is 5.92 Å². The van der Waals surface area contributed by atoms with Gasteiger partial charge in [0.25, 0.3) is 0 Å². The monoisotopic (exact) mass is 409 g/mol. The number of hydrogen-bond donors (Lipinski definition) is 1. The highest BCUT2D eigenvalue weighted by Gasteiger charge is 2.29. The standard InChI is InChI=1S/C24H28FN3O2/c25-21-7-3-1-5-18(21)9-13-26-24(30)20-10-14-27(15-11-20)17-23(29)28-16-12-19-6-2-4-8-22(19)28/h1-8,20H,9-17H2,(H,26,30). The Morgan fingerprint density at radius 1 is 1.00 bits per heavy atom. The van der Waals surface area contributed by atoms with E-state index in [1.165, 1.54) is 11.6 Å². The Morgan fingerprint density at radius 3 is 2.53 bits per heavy atom. The Bertz CT molecular complexity index is 909. The van der Waals surface area contributed by atoms with E-state index in [-0.39, 0.29) is 23.5 Å². The quantitative estimate of drug-likeness (QED) is 0.798. The molecule has 0 saturated carbocycles. The van der Waals surface area contributed by atoms with Gasteiger partial charge in [0.05, 0.1) is 6.54 Å². The van der Waals surface area contributed by atoms with E-state index >= 15 is 0 Å². The second kappa shape index (κ2) is 9.39. The molecule has 0 bridgehead atoms. The molecule has 0 spiro atoms. The first-order valence-electron chi connectivity index (χ1n) is 10.7. The molecule has 2 aromatic rings. The predicted molar refractivity (Wildman–Crippen MR) is 115 cm³/mol. The molecule has 2 aliphatic heterocycles. The number of nitrogens with zero attached hydrogens (tertiary/aromatic N) is 2. The molecular formula is C24H28FN3O2. The summed E-state index contributed by atoms with van der Waals surface area (Å²) in [7, 11) is 0. The summed E-state index contributed by atoms with van der Waals surface area (Å²) in [5.41, 5.74) is 2.89. The molecule has 30 heavy (non-hydrogen) atoms. The summed E-state index contributed by atoms with van der Waals surface area (Å²) in [5, 5.41) is 2.94. The number of carbonyl (C=O) groups is 2. The third-order valence-corrected chi connectivity index (χ3v) is 6.16. The lowest BCUT2D eigenvalue weighted by Crippen LogP contribution is -2.45. The van der Waals surface area contributed by atoms with Gasteiger partial charge in [-0.05, 0) is 62.0 Å². The highest BCUT2D eigenvalue weighted by molar-refractivity contribution is 5.96. The summed E-state index contributed by atoms with van der Waals surface area (Å²) in [6, 6.07) is 14.7. The van der Waals surface area contributed by atoms with Gasteiger partial charge < -0.3 is 10.2 Å². The number of anilines is 1. The molecule has 0 aromatic heterocycles. The van der Waals surface area contributed by atoms with E-state index in [1.807, 2.05) is 23.1 Å². The van der Waals surface area contributed by atoms with Crippen LogP contribution in [0.3, 0.4) is 0 Å². The van der Waals surface area contributed by atoms with Crippen molar-refractivity contribution < 1.29 is 14.0 Å². The van der Waals surface area contributed by atoms with Crippen molar-refractivity contribution in [3.05, 3.63) is 65.5 Å². The molecule has 0 aliphatic carbocycles. The van der Waals surface area contributed by atoms with Crippen LogP contribution in [0.15, 0.2) is 48.5 Å². The fraction of sp³-hybridized carbons (Fsp3) is 0.417. The Morgan fingerprint density at radius 2 is 1.73 bits per heavy atom. The molecule has 0 atom stereocenters. The fourth-order valence-corrected chi connectivity index (χ4v) is 4.39. The highest BCUT2D eigenvalue weighted by atomic mass is 19.1. The summed E-state index contributed by atoms with van der Waals surface area (Å²) in [4.78, 5) is 29.3. The van der Waals surface area contributed by atoms with Crippen LogP contribution in [-0.2, 0) is 22.4 Å². The first kappa shape index (κ1) is 20.5. The van der Waals surface area contributed by atoms with Crippen LogP contribution < -0.4 is 10.2 Å². The van der Waals surface area contributed by atoms with Gasteiger partial charge in [-0.25, -0.2) is 4.39 Å². The van der Waals surface area contributed by atoms with E-state index in [9.17, 15) is 14.0 Å². The van der Waals surface area contributed by atoms with Crippen molar-refractivity contribution in [1.29, 1.82) is 0 Å². The smallest absolute Gasteiger partial charge is 0.241 e. The average Bonchev–Trinajstić information content (AvgIpc) is 3.20. The molecule has 0 radical (unpaired) electrons. The van der Waals surface area contributed by atoms with Gasteiger partial charge in [-0.15, -0.1) is 0 Å². The number of nitrogens with one attached hydrogen (secondary N) is 1. The number of amides is 2. The molecule has 158 valence electrons. The lowest BCUT2D eigenvalue weighted by molar-refractivity contribution is -0.126. The number of para-hydroxylation sites is 1. The molecule has 2 amide bonds. The average molecular weight is 410 g/mol. The topological polar surface area (TPSA) is 52.7 Å². The number of halogens is 1. The van der Waals surface area contributed by atoms with E-state index in [1.54, 1.807) is 18.2 Å².